The van der Waals surface area contributed by atoms with Crippen LogP contribution in [0.25, 0.3) is 0 Å². The largest absolute Gasteiger partial charge is 0.508 e. The Morgan fingerprint density at radius 1 is 1.26 bits per heavy atom. The van der Waals surface area contributed by atoms with Crippen LogP contribution in [0.1, 0.15) is 10.4 Å². The Kier molecular flexibility index (Phi) is 4.12. The maximum atomic E-state index is 12.3. The maximum Gasteiger partial charge on any atom is 0.258 e. The quantitative estimate of drug-likeness (QED) is 0.894. The first kappa shape index (κ1) is 13.9. The fraction of sp³-hybridized carbons (Fsp3) is 0.0714. The maximum absolute atomic E-state index is 12.3. The highest BCUT2D eigenvalue weighted by Gasteiger charge is 2.14. The molecule has 0 fully saturated rings. The average molecular weight is 341 g/mol. The third kappa shape index (κ3) is 3.08. The van der Waals surface area contributed by atoms with Crippen molar-refractivity contribution in [2.45, 2.75) is 0 Å². The van der Waals surface area contributed by atoms with Crippen molar-refractivity contribution in [3.8, 4) is 5.75 Å². The molecule has 3 nitrogen and oxygen atoms in total. The van der Waals surface area contributed by atoms with Crippen molar-refractivity contribution in [3.05, 3.63) is 57.5 Å². The molecule has 2 aromatic carbocycles. The summed E-state index contributed by atoms with van der Waals surface area (Å²) in [6, 6.07) is 11.5. The first-order valence-corrected chi connectivity index (χ1v) is 6.68. The van der Waals surface area contributed by atoms with Crippen molar-refractivity contribution >= 4 is 39.1 Å². The molecule has 0 spiro atoms. The second-order valence-corrected chi connectivity index (χ2v) is 5.27. The summed E-state index contributed by atoms with van der Waals surface area (Å²) in [5.74, 6) is -0.0778. The first-order chi connectivity index (χ1) is 8.99. The molecule has 2 aromatic rings. The van der Waals surface area contributed by atoms with Crippen molar-refractivity contribution in [3.63, 3.8) is 0 Å². The van der Waals surface area contributed by atoms with Gasteiger partial charge in [-0.3, -0.25) is 4.79 Å². The van der Waals surface area contributed by atoms with Crippen LogP contribution in [0.5, 0.6) is 5.75 Å². The number of carbonyl (C=O) groups is 1. The van der Waals surface area contributed by atoms with E-state index in [1.165, 1.54) is 11.0 Å². The predicted molar refractivity (Wildman–Crippen MR) is 80.0 cm³/mol. The summed E-state index contributed by atoms with van der Waals surface area (Å²) < 4.78 is 0.741. The molecule has 98 valence electrons. The minimum atomic E-state index is -0.194. The van der Waals surface area contributed by atoms with Crippen LogP contribution in [0.15, 0.2) is 46.9 Å². The Morgan fingerprint density at radius 3 is 2.63 bits per heavy atom. The number of halogens is 2. The van der Waals surface area contributed by atoms with Crippen LogP contribution in [0.4, 0.5) is 5.69 Å². The van der Waals surface area contributed by atoms with Gasteiger partial charge in [-0.05, 0) is 46.3 Å². The SMILES string of the molecule is CN(C(=O)c1ccc(Br)c(Cl)c1)c1cccc(O)c1. The third-order valence-corrected chi connectivity index (χ3v) is 3.92. The predicted octanol–water partition coefficient (Wildman–Crippen LogP) is 4.08. The van der Waals surface area contributed by atoms with Crippen molar-refractivity contribution < 1.29 is 9.90 Å². The Morgan fingerprint density at radius 2 is 2.00 bits per heavy atom. The zero-order chi connectivity index (χ0) is 14.0. The summed E-state index contributed by atoms with van der Waals surface area (Å²) in [5, 5.41) is 9.91. The van der Waals surface area contributed by atoms with Crippen molar-refractivity contribution in [1.82, 2.24) is 0 Å². The number of amides is 1. The number of anilines is 1. The number of phenolic OH excluding ortho intramolecular Hbond substituents is 1. The summed E-state index contributed by atoms with van der Waals surface area (Å²) in [5.41, 5.74) is 1.10. The van der Waals surface area contributed by atoms with Crippen LogP contribution in [0.3, 0.4) is 0 Å². The summed E-state index contributed by atoms with van der Waals surface area (Å²) in [4.78, 5) is 13.7. The number of phenols is 1. The van der Waals surface area contributed by atoms with E-state index in [2.05, 4.69) is 15.9 Å². The van der Waals surface area contributed by atoms with Crippen LogP contribution in [-0.4, -0.2) is 18.1 Å². The van der Waals surface area contributed by atoms with Gasteiger partial charge in [0.1, 0.15) is 5.75 Å². The van der Waals surface area contributed by atoms with Gasteiger partial charge >= 0.3 is 0 Å². The van der Waals surface area contributed by atoms with Gasteiger partial charge in [-0.1, -0.05) is 17.7 Å². The Hall–Kier alpha value is -1.52. The lowest BCUT2D eigenvalue weighted by atomic mass is 10.2. The number of hydrogen-bond donors (Lipinski definition) is 1. The highest BCUT2D eigenvalue weighted by atomic mass is 79.9. The van der Waals surface area contributed by atoms with E-state index in [4.69, 9.17) is 11.6 Å². The number of aromatic hydroxyl groups is 1. The standard InChI is InChI=1S/C14H11BrClNO2/c1-17(10-3-2-4-11(18)8-10)14(19)9-5-6-12(15)13(16)7-9/h2-8,18H,1H3. The zero-order valence-corrected chi connectivity index (χ0v) is 12.4. The van der Waals surface area contributed by atoms with Crippen molar-refractivity contribution in [2.75, 3.05) is 11.9 Å². The second-order valence-electron chi connectivity index (χ2n) is 4.01. The van der Waals surface area contributed by atoms with E-state index in [1.54, 1.807) is 43.4 Å². The molecule has 0 saturated heterocycles. The van der Waals surface area contributed by atoms with E-state index in [-0.39, 0.29) is 11.7 Å². The average Bonchev–Trinajstić information content (AvgIpc) is 2.40. The lowest BCUT2D eigenvalue weighted by molar-refractivity contribution is 0.0993. The van der Waals surface area contributed by atoms with Crippen molar-refractivity contribution in [1.29, 1.82) is 0 Å². The van der Waals surface area contributed by atoms with Crippen molar-refractivity contribution in [2.24, 2.45) is 0 Å². The van der Waals surface area contributed by atoms with Gasteiger partial charge in [-0.15, -0.1) is 0 Å². The minimum Gasteiger partial charge on any atom is -0.508 e. The molecular weight excluding hydrogens is 330 g/mol. The number of rotatable bonds is 2. The molecule has 0 aromatic heterocycles. The highest BCUT2D eigenvalue weighted by Crippen LogP contribution is 2.25. The van der Waals surface area contributed by atoms with Crippen LogP contribution in [-0.2, 0) is 0 Å². The van der Waals surface area contributed by atoms with E-state index < -0.39 is 0 Å². The van der Waals surface area contributed by atoms with Gasteiger partial charge in [-0.2, -0.15) is 0 Å². The molecule has 0 unspecified atom stereocenters. The van der Waals surface area contributed by atoms with Crippen LogP contribution in [0.2, 0.25) is 5.02 Å². The molecule has 0 heterocycles. The normalized spacial score (nSPS) is 10.3. The molecule has 0 aliphatic carbocycles. The van der Waals surface area contributed by atoms with Crippen LogP contribution < -0.4 is 4.90 Å². The zero-order valence-electron chi connectivity index (χ0n) is 10.1. The molecule has 0 aliphatic heterocycles. The summed E-state index contributed by atoms with van der Waals surface area (Å²) in [7, 11) is 1.65. The van der Waals surface area contributed by atoms with Gasteiger partial charge in [0.2, 0.25) is 0 Å². The number of nitrogens with zero attached hydrogens (tertiary/aromatic N) is 1. The number of carbonyl (C=O) groups excluding carboxylic acids is 1. The molecule has 1 amide bonds. The third-order valence-electron chi connectivity index (χ3n) is 2.69. The molecule has 0 saturated carbocycles. The molecule has 0 atom stereocenters. The van der Waals surface area contributed by atoms with Crippen LogP contribution >= 0.6 is 27.5 Å². The van der Waals surface area contributed by atoms with E-state index >= 15 is 0 Å². The van der Waals surface area contributed by atoms with Gasteiger partial charge < -0.3 is 10.0 Å². The fourth-order valence-corrected chi connectivity index (χ4v) is 2.07. The monoisotopic (exact) mass is 339 g/mol. The Balaban J connectivity index is 2.30. The minimum absolute atomic E-state index is 0.117. The van der Waals surface area contributed by atoms with Gasteiger partial charge in [-0.25, -0.2) is 0 Å². The molecule has 0 radical (unpaired) electrons. The smallest absolute Gasteiger partial charge is 0.258 e. The fourth-order valence-electron chi connectivity index (χ4n) is 1.64. The molecular formula is C14H11BrClNO2. The topological polar surface area (TPSA) is 40.5 Å². The first-order valence-electron chi connectivity index (χ1n) is 5.51. The summed E-state index contributed by atoms with van der Waals surface area (Å²) >= 11 is 9.26. The summed E-state index contributed by atoms with van der Waals surface area (Å²) in [6.45, 7) is 0. The van der Waals surface area contributed by atoms with Gasteiger partial charge in [0.15, 0.2) is 0 Å². The lowest BCUT2D eigenvalue weighted by Gasteiger charge is -2.17. The highest BCUT2D eigenvalue weighted by molar-refractivity contribution is 9.10. The van der Waals surface area contributed by atoms with E-state index in [0.717, 1.165) is 4.47 Å². The second kappa shape index (κ2) is 5.63. The molecule has 2 rings (SSSR count). The summed E-state index contributed by atoms with van der Waals surface area (Å²) in [6.07, 6.45) is 0. The molecule has 0 aliphatic rings. The lowest BCUT2D eigenvalue weighted by Crippen LogP contribution is -2.26. The van der Waals surface area contributed by atoms with Gasteiger partial charge in [0, 0.05) is 28.8 Å². The molecule has 5 heteroatoms. The van der Waals surface area contributed by atoms with Gasteiger partial charge in [0.25, 0.3) is 5.91 Å². The van der Waals surface area contributed by atoms with Gasteiger partial charge in [0.05, 0.1) is 5.02 Å². The molecule has 0 bridgehead atoms. The molecule has 19 heavy (non-hydrogen) atoms. The van der Waals surface area contributed by atoms with E-state index in [0.29, 0.717) is 16.3 Å². The van der Waals surface area contributed by atoms with Crippen LogP contribution in [0, 0.1) is 0 Å². The Labute approximate surface area is 124 Å². The Bertz CT molecular complexity index is 631. The number of benzene rings is 2. The van der Waals surface area contributed by atoms with E-state index in [1.807, 2.05) is 0 Å². The van der Waals surface area contributed by atoms with E-state index in [9.17, 15) is 9.90 Å². The molecule has 1 N–H and O–H groups in total. The number of hydrogen-bond acceptors (Lipinski definition) is 2.